The molecule has 1 aromatic carbocycles. The standard InChI is InChI=1S/C17H24N6O2/c18-13-17(25)8-11-22(12-9-17)15(24)7-4-10-23-20-16(19-21-23)14-5-2-1-3-6-14/h1-3,5-6,25H,4,7-13,18H2. The SMILES string of the molecule is NCC1(O)CCN(C(=O)CCCn2nnc(-c3ccccc3)n2)CC1. The van der Waals surface area contributed by atoms with E-state index in [1.54, 1.807) is 4.90 Å². The Balaban J connectivity index is 1.44. The summed E-state index contributed by atoms with van der Waals surface area (Å²) in [4.78, 5) is 15.6. The van der Waals surface area contributed by atoms with Crippen molar-refractivity contribution in [2.45, 2.75) is 37.8 Å². The van der Waals surface area contributed by atoms with Gasteiger partial charge in [-0.2, -0.15) is 4.80 Å². The molecule has 0 atom stereocenters. The van der Waals surface area contributed by atoms with Gasteiger partial charge in [0.25, 0.3) is 0 Å². The third-order valence-electron chi connectivity index (χ3n) is 4.66. The van der Waals surface area contributed by atoms with Crippen molar-refractivity contribution in [1.29, 1.82) is 0 Å². The van der Waals surface area contributed by atoms with Crippen molar-refractivity contribution >= 4 is 5.91 Å². The number of carbonyl (C=O) groups is 1. The van der Waals surface area contributed by atoms with Crippen LogP contribution in [0, 0.1) is 0 Å². The first-order chi connectivity index (χ1) is 12.1. The molecule has 8 heteroatoms. The maximum atomic E-state index is 12.3. The first kappa shape index (κ1) is 17.5. The number of aryl methyl sites for hydroxylation is 1. The van der Waals surface area contributed by atoms with Gasteiger partial charge >= 0.3 is 0 Å². The van der Waals surface area contributed by atoms with Gasteiger partial charge in [0, 0.05) is 31.6 Å². The summed E-state index contributed by atoms with van der Waals surface area (Å²) < 4.78 is 0. The molecule has 2 aromatic rings. The maximum Gasteiger partial charge on any atom is 0.222 e. The van der Waals surface area contributed by atoms with Gasteiger partial charge in [0.05, 0.1) is 12.1 Å². The molecule has 134 valence electrons. The third-order valence-corrected chi connectivity index (χ3v) is 4.66. The van der Waals surface area contributed by atoms with Gasteiger partial charge in [0.2, 0.25) is 11.7 Å². The van der Waals surface area contributed by atoms with Gasteiger partial charge < -0.3 is 15.7 Å². The molecule has 0 saturated carbocycles. The number of aliphatic hydroxyl groups is 1. The van der Waals surface area contributed by atoms with Crippen LogP contribution in [0.15, 0.2) is 30.3 Å². The lowest BCUT2D eigenvalue weighted by Crippen LogP contribution is -2.50. The molecule has 0 bridgehead atoms. The molecular weight excluding hydrogens is 320 g/mol. The van der Waals surface area contributed by atoms with Crippen LogP contribution in [-0.4, -0.2) is 61.4 Å². The van der Waals surface area contributed by atoms with Crippen LogP contribution < -0.4 is 5.73 Å². The second-order valence-electron chi connectivity index (χ2n) is 6.49. The minimum atomic E-state index is -0.810. The average molecular weight is 344 g/mol. The molecule has 3 N–H and O–H groups in total. The molecule has 2 heterocycles. The van der Waals surface area contributed by atoms with E-state index in [9.17, 15) is 9.90 Å². The molecule has 1 fully saturated rings. The highest BCUT2D eigenvalue weighted by Crippen LogP contribution is 2.21. The Morgan fingerprint density at radius 1 is 1.24 bits per heavy atom. The summed E-state index contributed by atoms with van der Waals surface area (Å²) in [7, 11) is 0. The molecular formula is C17H24N6O2. The fraction of sp³-hybridized carbons (Fsp3) is 0.529. The van der Waals surface area contributed by atoms with Gasteiger partial charge in [-0.25, -0.2) is 0 Å². The molecule has 0 radical (unpaired) electrons. The molecule has 1 aliphatic rings. The Bertz CT molecular complexity index is 694. The number of rotatable bonds is 6. The first-order valence-corrected chi connectivity index (χ1v) is 8.63. The molecule has 3 rings (SSSR count). The molecule has 0 unspecified atom stereocenters. The zero-order valence-electron chi connectivity index (χ0n) is 14.2. The number of benzene rings is 1. The van der Waals surface area contributed by atoms with E-state index in [-0.39, 0.29) is 12.5 Å². The summed E-state index contributed by atoms with van der Waals surface area (Å²) >= 11 is 0. The van der Waals surface area contributed by atoms with Gasteiger partial charge in [-0.05, 0) is 24.5 Å². The third kappa shape index (κ3) is 4.40. The normalized spacial score (nSPS) is 16.8. The number of hydrogen-bond acceptors (Lipinski definition) is 6. The van der Waals surface area contributed by atoms with Crippen molar-refractivity contribution in [3.63, 3.8) is 0 Å². The van der Waals surface area contributed by atoms with Crippen LogP contribution in [0.25, 0.3) is 11.4 Å². The van der Waals surface area contributed by atoms with Gasteiger partial charge in [-0.3, -0.25) is 4.79 Å². The highest BCUT2D eigenvalue weighted by molar-refractivity contribution is 5.76. The minimum Gasteiger partial charge on any atom is -0.388 e. The lowest BCUT2D eigenvalue weighted by atomic mass is 9.91. The molecule has 0 aliphatic carbocycles. The highest BCUT2D eigenvalue weighted by Gasteiger charge is 2.32. The predicted octanol–water partition coefficient (Wildman–Crippen LogP) is 0.433. The summed E-state index contributed by atoms with van der Waals surface area (Å²) in [5.41, 5.74) is 5.68. The maximum absolute atomic E-state index is 12.3. The Labute approximate surface area is 146 Å². The van der Waals surface area contributed by atoms with Crippen LogP contribution in [0.1, 0.15) is 25.7 Å². The molecule has 25 heavy (non-hydrogen) atoms. The summed E-state index contributed by atoms with van der Waals surface area (Å²) in [5, 5.41) is 22.5. The number of piperidine rings is 1. The van der Waals surface area contributed by atoms with E-state index in [2.05, 4.69) is 15.4 Å². The van der Waals surface area contributed by atoms with Gasteiger partial charge in [0.15, 0.2) is 0 Å². The van der Waals surface area contributed by atoms with Crippen LogP contribution in [-0.2, 0) is 11.3 Å². The fourth-order valence-corrected chi connectivity index (χ4v) is 2.95. The van der Waals surface area contributed by atoms with Crippen molar-refractivity contribution in [3.8, 4) is 11.4 Å². The van der Waals surface area contributed by atoms with Gasteiger partial charge in [-0.1, -0.05) is 30.3 Å². The largest absolute Gasteiger partial charge is 0.388 e. The summed E-state index contributed by atoms with van der Waals surface area (Å²) in [6.45, 7) is 1.92. The summed E-state index contributed by atoms with van der Waals surface area (Å²) in [6.07, 6.45) is 2.17. The van der Waals surface area contributed by atoms with E-state index in [1.807, 2.05) is 30.3 Å². The predicted molar refractivity (Wildman–Crippen MR) is 92.3 cm³/mol. The zero-order valence-corrected chi connectivity index (χ0v) is 14.2. The van der Waals surface area contributed by atoms with Crippen molar-refractivity contribution in [2.24, 2.45) is 5.73 Å². The summed E-state index contributed by atoms with van der Waals surface area (Å²) in [5.74, 6) is 0.687. The van der Waals surface area contributed by atoms with E-state index >= 15 is 0 Å². The van der Waals surface area contributed by atoms with Crippen LogP contribution in [0.2, 0.25) is 0 Å². The highest BCUT2D eigenvalue weighted by atomic mass is 16.3. The number of carbonyl (C=O) groups excluding carboxylic acids is 1. The number of nitrogens with two attached hydrogens (primary N) is 1. The monoisotopic (exact) mass is 344 g/mol. The second-order valence-corrected chi connectivity index (χ2v) is 6.49. The molecule has 1 aromatic heterocycles. The minimum absolute atomic E-state index is 0.0995. The molecule has 1 amide bonds. The number of amides is 1. The zero-order chi connectivity index (χ0) is 17.7. The van der Waals surface area contributed by atoms with Gasteiger partial charge in [-0.15, -0.1) is 10.2 Å². The Hall–Kier alpha value is -2.32. The number of tetrazole rings is 1. The van der Waals surface area contributed by atoms with Crippen molar-refractivity contribution in [1.82, 2.24) is 25.1 Å². The van der Waals surface area contributed by atoms with Crippen LogP contribution in [0.5, 0.6) is 0 Å². The molecule has 8 nitrogen and oxygen atoms in total. The quantitative estimate of drug-likeness (QED) is 0.786. The Morgan fingerprint density at radius 3 is 2.64 bits per heavy atom. The van der Waals surface area contributed by atoms with Crippen molar-refractivity contribution in [3.05, 3.63) is 30.3 Å². The van der Waals surface area contributed by atoms with Crippen molar-refractivity contribution in [2.75, 3.05) is 19.6 Å². The summed E-state index contributed by atoms with van der Waals surface area (Å²) in [6, 6.07) is 9.67. The fourth-order valence-electron chi connectivity index (χ4n) is 2.95. The van der Waals surface area contributed by atoms with E-state index in [1.165, 1.54) is 4.80 Å². The van der Waals surface area contributed by atoms with E-state index in [4.69, 9.17) is 5.73 Å². The van der Waals surface area contributed by atoms with Gasteiger partial charge in [0.1, 0.15) is 0 Å². The topological polar surface area (TPSA) is 110 Å². The van der Waals surface area contributed by atoms with Crippen LogP contribution in [0.3, 0.4) is 0 Å². The first-order valence-electron chi connectivity index (χ1n) is 8.63. The molecule has 1 saturated heterocycles. The van der Waals surface area contributed by atoms with Crippen LogP contribution >= 0.6 is 0 Å². The average Bonchev–Trinajstić information content (AvgIpc) is 3.12. The lowest BCUT2D eigenvalue weighted by molar-refractivity contribution is -0.135. The number of likely N-dealkylation sites (tertiary alicyclic amines) is 1. The van der Waals surface area contributed by atoms with Crippen molar-refractivity contribution < 1.29 is 9.90 Å². The van der Waals surface area contributed by atoms with E-state index in [0.717, 1.165) is 5.56 Å². The Kier molecular flexibility index (Phi) is 5.40. The van der Waals surface area contributed by atoms with E-state index < -0.39 is 5.60 Å². The number of aromatic nitrogens is 4. The number of hydrogen-bond donors (Lipinski definition) is 2. The second kappa shape index (κ2) is 7.71. The smallest absolute Gasteiger partial charge is 0.222 e. The Morgan fingerprint density at radius 2 is 1.96 bits per heavy atom. The molecule has 0 spiro atoms. The number of nitrogens with zero attached hydrogens (tertiary/aromatic N) is 5. The van der Waals surface area contributed by atoms with Crippen LogP contribution in [0.4, 0.5) is 0 Å². The van der Waals surface area contributed by atoms with E-state index in [0.29, 0.717) is 51.1 Å². The lowest BCUT2D eigenvalue weighted by Gasteiger charge is -2.37. The molecule has 1 aliphatic heterocycles.